The van der Waals surface area contributed by atoms with E-state index in [1.165, 1.54) is 23.7 Å². The van der Waals surface area contributed by atoms with Gasteiger partial charge in [0.2, 0.25) is 5.91 Å². The Bertz CT molecular complexity index is 483. The fraction of sp³-hybridized carbons (Fsp3) is 0.667. The third-order valence-corrected chi connectivity index (χ3v) is 3.25. The first-order valence-corrected chi connectivity index (χ1v) is 6.74. The van der Waals surface area contributed by atoms with E-state index in [-0.39, 0.29) is 18.1 Å². The molecular weight excluding hydrogens is 262 g/mol. The molecule has 1 aliphatic rings. The van der Waals surface area contributed by atoms with Crippen LogP contribution in [0.3, 0.4) is 0 Å². The summed E-state index contributed by atoms with van der Waals surface area (Å²) in [6, 6.07) is 0.686. The molecule has 8 nitrogen and oxygen atoms in total. The van der Waals surface area contributed by atoms with Crippen molar-refractivity contribution >= 4 is 11.9 Å². The summed E-state index contributed by atoms with van der Waals surface area (Å²) in [7, 11) is 0. The van der Waals surface area contributed by atoms with Crippen molar-refractivity contribution in [2.75, 3.05) is 19.6 Å². The zero-order valence-electron chi connectivity index (χ0n) is 11.4. The van der Waals surface area contributed by atoms with Gasteiger partial charge >= 0.3 is 5.97 Å². The van der Waals surface area contributed by atoms with Crippen molar-refractivity contribution in [3.05, 3.63) is 11.9 Å². The Balaban J connectivity index is 1.70. The van der Waals surface area contributed by atoms with E-state index >= 15 is 0 Å². The van der Waals surface area contributed by atoms with E-state index in [0.717, 1.165) is 13.1 Å². The number of aromatic nitrogens is 3. The summed E-state index contributed by atoms with van der Waals surface area (Å²) < 4.78 is 1.22. The predicted molar refractivity (Wildman–Crippen MR) is 70.3 cm³/mol. The zero-order chi connectivity index (χ0) is 14.5. The lowest BCUT2D eigenvalue weighted by Crippen LogP contribution is -2.37. The molecule has 0 aliphatic heterocycles. The quantitative estimate of drug-likeness (QED) is 0.671. The first kappa shape index (κ1) is 14.4. The van der Waals surface area contributed by atoms with E-state index in [4.69, 9.17) is 5.11 Å². The second-order valence-electron chi connectivity index (χ2n) is 4.82. The SMILES string of the molecule is CCN(CCNC(=O)Cn1cc(C(=O)O)nn1)C1CC1. The molecule has 1 aromatic heterocycles. The number of carboxylic acid groups (broad SMARTS) is 1. The van der Waals surface area contributed by atoms with Crippen LogP contribution in [0.2, 0.25) is 0 Å². The fourth-order valence-electron chi connectivity index (χ4n) is 2.05. The number of likely N-dealkylation sites (N-methyl/N-ethyl adjacent to an activating group) is 1. The maximum atomic E-state index is 11.7. The number of hydrogen-bond acceptors (Lipinski definition) is 5. The van der Waals surface area contributed by atoms with E-state index in [9.17, 15) is 9.59 Å². The van der Waals surface area contributed by atoms with E-state index in [0.29, 0.717) is 12.6 Å². The molecule has 2 N–H and O–H groups in total. The molecule has 1 aromatic rings. The summed E-state index contributed by atoms with van der Waals surface area (Å²) in [5.74, 6) is -1.35. The Hall–Kier alpha value is -1.96. The van der Waals surface area contributed by atoms with Crippen molar-refractivity contribution in [3.8, 4) is 0 Å². The van der Waals surface area contributed by atoms with Gasteiger partial charge < -0.3 is 10.4 Å². The van der Waals surface area contributed by atoms with Crippen LogP contribution in [0, 0.1) is 0 Å². The topological polar surface area (TPSA) is 100 Å². The molecular formula is C12H19N5O3. The molecule has 1 fully saturated rings. The molecule has 1 heterocycles. The van der Waals surface area contributed by atoms with Gasteiger partial charge in [0.25, 0.3) is 0 Å². The number of aromatic carboxylic acids is 1. The standard InChI is InChI=1S/C12H19N5O3/c1-2-16(9-3-4-9)6-5-13-11(18)8-17-7-10(12(19)20)14-15-17/h7,9H,2-6,8H2,1H3,(H,13,18)(H,19,20). The Kier molecular flexibility index (Phi) is 4.67. The molecule has 1 aliphatic carbocycles. The number of carbonyl (C=O) groups is 2. The number of hydrogen-bond donors (Lipinski definition) is 2. The smallest absolute Gasteiger partial charge is 0.358 e. The van der Waals surface area contributed by atoms with Crippen LogP contribution in [0.15, 0.2) is 6.20 Å². The average Bonchev–Trinajstić information content (AvgIpc) is 3.14. The summed E-state index contributed by atoms with van der Waals surface area (Å²) in [5, 5.41) is 18.5. The minimum absolute atomic E-state index is 0.0180. The number of carbonyl (C=O) groups excluding carboxylic acids is 1. The van der Waals surface area contributed by atoms with E-state index in [1.807, 2.05) is 0 Å². The molecule has 0 bridgehead atoms. The maximum Gasteiger partial charge on any atom is 0.358 e. The molecule has 1 saturated carbocycles. The third kappa shape index (κ3) is 4.02. The van der Waals surface area contributed by atoms with Gasteiger partial charge in [-0.3, -0.25) is 9.69 Å². The van der Waals surface area contributed by atoms with Crippen molar-refractivity contribution in [3.63, 3.8) is 0 Å². The van der Waals surface area contributed by atoms with Crippen LogP contribution in [0.5, 0.6) is 0 Å². The molecule has 20 heavy (non-hydrogen) atoms. The van der Waals surface area contributed by atoms with Gasteiger partial charge in [-0.25, -0.2) is 9.48 Å². The Labute approximate surface area is 116 Å². The first-order chi connectivity index (χ1) is 9.60. The molecule has 8 heteroatoms. The molecule has 0 spiro atoms. The Morgan fingerprint density at radius 3 is 2.85 bits per heavy atom. The number of nitrogens with one attached hydrogen (secondary N) is 1. The first-order valence-electron chi connectivity index (χ1n) is 6.74. The normalized spacial score (nSPS) is 14.5. The van der Waals surface area contributed by atoms with Crippen LogP contribution < -0.4 is 5.32 Å². The van der Waals surface area contributed by atoms with Crippen LogP contribution in [-0.2, 0) is 11.3 Å². The van der Waals surface area contributed by atoms with Crippen LogP contribution in [0.4, 0.5) is 0 Å². The molecule has 0 aromatic carbocycles. The lowest BCUT2D eigenvalue weighted by Gasteiger charge is -2.19. The average molecular weight is 281 g/mol. The van der Waals surface area contributed by atoms with Gasteiger partial charge in [0.05, 0.1) is 6.20 Å². The van der Waals surface area contributed by atoms with Crippen LogP contribution >= 0.6 is 0 Å². The van der Waals surface area contributed by atoms with E-state index in [1.54, 1.807) is 0 Å². The number of amides is 1. The second kappa shape index (κ2) is 6.47. The van der Waals surface area contributed by atoms with E-state index in [2.05, 4.69) is 27.5 Å². The van der Waals surface area contributed by atoms with Crippen LogP contribution in [-0.4, -0.2) is 62.6 Å². The Morgan fingerprint density at radius 1 is 1.55 bits per heavy atom. The van der Waals surface area contributed by atoms with Gasteiger partial charge in [0.15, 0.2) is 5.69 Å². The van der Waals surface area contributed by atoms with Crippen molar-refractivity contribution < 1.29 is 14.7 Å². The highest BCUT2D eigenvalue weighted by Gasteiger charge is 2.27. The molecule has 0 radical (unpaired) electrons. The molecule has 110 valence electrons. The number of nitrogens with zero attached hydrogens (tertiary/aromatic N) is 4. The van der Waals surface area contributed by atoms with Gasteiger partial charge in [-0.2, -0.15) is 0 Å². The Morgan fingerprint density at radius 2 is 2.30 bits per heavy atom. The van der Waals surface area contributed by atoms with Crippen molar-refractivity contribution in [2.45, 2.75) is 32.4 Å². The summed E-state index contributed by atoms with van der Waals surface area (Å²) >= 11 is 0. The molecule has 2 rings (SSSR count). The largest absolute Gasteiger partial charge is 0.476 e. The summed E-state index contributed by atoms with van der Waals surface area (Å²) in [4.78, 5) is 24.7. The van der Waals surface area contributed by atoms with Gasteiger partial charge in [0, 0.05) is 19.1 Å². The van der Waals surface area contributed by atoms with Crippen LogP contribution in [0.25, 0.3) is 0 Å². The van der Waals surface area contributed by atoms with Crippen molar-refractivity contribution in [1.29, 1.82) is 0 Å². The van der Waals surface area contributed by atoms with Crippen LogP contribution in [0.1, 0.15) is 30.3 Å². The second-order valence-corrected chi connectivity index (χ2v) is 4.82. The number of rotatable bonds is 8. The highest BCUT2D eigenvalue weighted by atomic mass is 16.4. The fourth-order valence-corrected chi connectivity index (χ4v) is 2.05. The van der Waals surface area contributed by atoms with Crippen molar-refractivity contribution in [2.24, 2.45) is 0 Å². The maximum absolute atomic E-state index is 11.7. The number of carboxylic acids is 1. The molecule has 0 unspecified atom stereocenters. The molecule has 0 atom stereocenters. The van der Waals surface area contributed by atoms with Gasteiger partial charge in [-0.15, -0.1) is 5.10 Å². The lowest BCUT2D eigenvalue weighted by atomic mass is 10.4. The minimum atomic E-state index is -1.15. The predicted octanol–water partition coefficient (Wildman–Crippen LogP) is -0.423. The minimum Gasteiger partial charge on any atom is -0.476 e. The third-order valence-electron chi connectivity index (χ3n) is 3.25. The molecule has 1 amide bonds. The monoisotopic (exact) mass is 281 g/mol. The zero-order valence-corrected chi connectivity index (χ0v) is 11.4. The summed E-state index contributed by atoms with van der Waals surface area (Å²) in [5.41, 5.74) is -0.163. The lowest BCUT2D eigenvalue weighted by molar-refractivity contribution is -0.121. The van der Waals surface area contributed by atoms with E-state index < -0.39 is 5.97 Å². The highest BCUT2D eigenvalue weighted by Crippen LogP contribution is 2.25. The summed E-state index contributed by atoms with van der Waals surface area (Å²) in [6.07, 6.45) is 3.74. The molecule has 0 saturated heterocycles. The van der Waals surface area contributed by atoms with Gasteiger partial charge in [-0.05, 0) is 19.4 Å². The highest BCUT2D eigenvalue weighted by molar-refractivity contribution is 5.84. The van der Waals surface area contributed by atoms with Crippen molar-refractivity contribution in [1.82, 2.24) is 25.2 Å². The van der Waals surface area contributed by atoms with Gasteiger partial charge in [0.1, 0.15) is 6.54 Å². The summed E-state index contributed by atoms with van der Waals surface area (Å²) in [6.45, 7) is 4.51. The van der Waals surface area contributed by atoms with Gasteiger partial charge in [-0.1, -0.05) is 12.1 Å².